The molecule has 1 aliphatic rings. The highest BCUT2D eigenvalue weighted by molar-refractivity contribution is 7.99. The third-order valence-corrected chi connectivity index (χ3v) is 7.15. The number of fused-ring (bicyclic) bond motifs is 2. The van der Waals surface area contributed by atoms with Gasteiger partial charge in [0.05, 0.1) is 17.4 Å². The van der Waals surface area contributed by atoms with Crippen LogP contribution in [0.5, 0.6) is 0 Å². The lowest BCUT2D eigenvalue weighted by Gasteiger charge is -2.32. The van der Waals surface area contributed by atoms with Gasteiger partial charge in [-0.05, 0) is 35.7 Å². The Morgan fingerprint density at radius 1 is 1.12 bits per heavy atom. The highest BCUT2D eigenvalue weighted by atomic mass is 32.2. The minimum Gasteiger partial charge on any atom is -0.365 e. The third-order valence-electron chi connectivity index (χ3n) is 6.11. The first-order valence-electron chi connectivity index (χ1n) is 11.5. The number of carbonyl (C=O) groups is 1. The Bertz CT molecular complexity index is 1300. The van der Waals surface area contributed by atoms with Crippen molar-refractivity contribution in [1.82, 2.24) is 10.3 Å². The van der Waals surface area contributed by atoms with Crippen LogP contribution in [0, 0.1) is 0 Å². The molecule has 0 fully saturated rings. The molecule has 0 saturated heterocycles. The molecular weight excluding hydrogens is 440 g/mol. The molecule has 3 aromatic carbocycles. The number of para-hydroxylation sites is 1. The van der Waals surface area contributed by atoms with Gasteiger partial charge in [0.1, 0.15) is 0 Å². The number of nitrogens with zero attached hydrogens (tertiary/aromatic N) is 1. The number of thioether (sulfide) groups is 1. The second-order valence-corrected chi connectivity index (χ2v) is 9.54. The number of nitrogens with one attached hydrogen (secondary N) is 3. The zero-order chi connectivity index (χ0) is 23.3. The van der Waals surface area contributed by atoms with Gasteiger partial charge < -0.3 is 20.5 Å². The first-order chi connectivity index (χ1) is 16.7. The normalized spacial score (nSPS) is 13.8. The fourth-order valence-corrected chi connectivity index (χ4v) is 5.44. The van der Waals surface area contributed by atoms with Crippen molar-refractivity contribution in [3.63, 3.8) is 0 Å². The number of benzene rings is 3. The van der Waals surface area contributed by atoms with E-state index in [1.165, 1.54) is 16.1 Å². The molecule has 0 aliphatic carbocycles. The van der Waals surface area contributed by atoms with Gasteiger partial charge in [0, 0.05) is 40.8 Å². The van der Waals surface area contributed by atoms with Crippen LogP contribution >= 0.6 is 11.8 Å². The summed E-state index contributed by atoms with van der Waals surface area (Å²) >= 11 is 1.89. The number of aromatic nitrogens is 1. The standard InChI is InChI=1S/C28H28N4OS/c1-2-8-23(30-28(33)31-25-18-29-24-12-7-6-11-22(24)25)21-13-14-27-26(17-21)32(15-16-34-27)19-20-9-4-3-5-10-20/h2-7,9-14,17-18,23,29H,1,8,15-16,19H2,(H2,30,31,33). The average Bonchev–Trinajstić information content (AvgIpc) is 3.27. The Morgan fingerprint density at radius 3 is 2.79 bits per heavy atom. The summed E-state index contributed by atoms with van der Waals surface area (Å²) in [7, 11) is 0. The molecule has 34 heavy (non-hydrogen) atoms. The Balaban J connectivity index is 1.35. The van der Waals surface area contributed by atoms with E-state index in [0.29, 0.717) is 6.42 Å². The maximum atomic E-state index is 12.9. The van der Waals surface area contributed by atoms with Crippen molar-refractivity contribution in [2.75, 3.05) is 22.5 Å². The highest BCUT2D eigenvalue weighted by Crippen LogP contribution is 2.38. The molecule has 0 bridgehead atoms. The number of anilines is 2. The molecule has 0 spiro atoms. The largest absolute Gasteiger partial charge is 0.365 e. The molecular formula is C28H28N4OS. The van der Waals surface area contributed by atoms with Crippen molar-refractivity contribution in [3.05, 3.63) is 103 Å². The second-order valence-electron chi connectivity index (χ2n) is 8.41. The number of carbonyl (C=O) groups excluding carboxylic acids is 1. The molecule has 2 amide bonds. The fourth-order valence-electron chi connectivity index (χ4n) is 4.41. The van der Waals surface area contributed by atoms with Crippen LogP contribution in [0.1, 0.15) is 23.6 Å². The number of H-pyrrole nitrogens is 1. The van der Waals surface area contributed by atoms with Gasteiger partial charge in [0.15, 0.2) is 0 Å². The lowest BCUT2D eigenvalue weighted by molar-refractivity contribution is 0.248. The molecule has 5 nitrogen and oxygen atoms in total. The molecule has 0 saturated carbocycles. The minimum absolute atomic E-state index is 0.168. The van der Waals surface area contributed by atoms with E-state index in [1.807, 2.05) is 48.3 Å². The second kappa shape index (κ2) is 10.1. The van der Waals surface area contributed by atoms with Crippen LogP contribution < -0.4 is 15.5 Å². The van der Waals surface area contributed by atoms with Crippen molar-refractivity contribution >= 4 is 40.1 Å². The fraction of sp³-hybridized carbons (Fsp3) is 0.179. The molecule has 6 heteroatoms. The summed E-state index contributed by atoms with van der Waals surface area (Å²) in [5.41, 5.74) is 5.36. The number of hydrogen-bond donors (Lipinski definition) is 3. The summed E-state index contributed by atoms with van der Waals surface area (Å²) < 4.78 is 0. The van der Waals surface area contributed by atoms with Crippen molar-refractivity contribution in [2.24, 2.45) is 0 Å². The zero-order valence-corrected chi connectivity index (χ0v) is 19.8. The van der Waals surface area contributed by atoms with Crippen LogP contribution in [0.4, 0.5) is 16.2 Å². The van der Waals surface area contributed by atoms with Crippen molar-refractivity contribution in [2.45, 2.75) is 23.9 Å². The summed E-state index contributed by atoms with van der Waals surface area (Å²) in [6, 6.07) is 24.6. The summed E-state index contributed by atoms with van der Waals surface area (Å²) in [5, 5.41) is 7.13. The van der Waals surface area contributed by atoms with Gasteiger partial charge in [0.2, 0.25) is 0 Å². The lowest BCUT2D eigenvalue weighted by atomic mass is 10.0. The molecule has 1 aliphatic heterocycles. The summed E-state index contributed by atoms with van der Waals surface area (Å²) in [6.07, 6.45) is 4.32. The average molecular weight is 469 g/mol. The maximum Gasteiger partial charge on any atom is 0.319 e. The monoisotopic (exact) mass is 468 g/mol. The summed E-state index contributed by atoms with van der Waals surface area (Å²) in [5.74, 6) is 1.07. The number of hydrogen-bond acceptors (Lipinski definition) is 3. The van der Waals surface area contributed by atoms with Gasteiger partial charge in [-0.1, -0.05) is 60.7 Å². The first-order valence-corrected chi connectivity index (χ1v) is 12.5. The number of aromatic amines is 1. The highest BCUT2D eigenvalue weighted by Gasteiger charge is 2.21. The quantitative estimate of drug-likeness (QED) is 0.264. The molecule has 2 heterocycles. The number of urea groups is 1. The maximum absolute atomic E-state index is 12.9. The van der Waals surface area contributed by atoms with E-state index in [0.717, 1.165) is 41.0 Å². The number of rotatable bonds is 7. The lowest BCUT2D eigenvalue weighted by Crippen LogP contribution is -2.33. The van der Waals surface area contributed by atoms with Gasteiger partial charge in [-0.25, -0.2) is 4.79 Å². The zero-order valence-electron chi connectivity index (χ0n) is 19.0. The number of amides is 2. The Hall–Kier alpha value is -3.64. The molecule has 3 N–H and O–H groups in total. The van der Waals surface area contributed by atoms with E-state index in [9.17, 15) is 4.79 Å². The predicted octanol–water partition coefficient (Wildman–Crippen LogP) is 6.72. The minimum atomic E-state index is -0.232. The SMILES string of the molecule is C=CCC(NC(=O)Nc1c[nH]c2ccccc12)c1ccc2c(c1)N(Cc1ccccc1)CCS2. The first kappa shape index (κ1) is 22.2. The predicted molar refractivity (Wildman–Crippen MR) is 143 cm³/mol. The van der Waals surface area contributed by atoms with E-state index in [4.69, 9.17) is 0 Å². The van der Waals surface area contributed by atoms with Gasteiger partial charge in [-0.3, -0.25) is 0 Å². The van der Waals surface area contributed by atoms with Crippen molar-refractivity contribution < 1.29 is 4.79 Å². The van der Waals surface area contributed by atoms with Crippen LogP contribution in [0.3, 0.4) is 0 Å². The van der Waals surface area contributed by atoms with Gasteiger partial charge in [-0.15, -0.1) is 18.3 Å². The van der Waals surface area contributed by atoms with Crippen LogP contribution in [0.15, 0.2) is 96.5 Å². The van der Waals surface area contributed by atoms with Crippen molar-refractivity contribution in [3.8, 4) is 0 Å². The third kappa shape index (κ3) is 4.82. The van der Waals surface area contributed by atoms with Crippen LogP contribution in [0.25, 0.3) is 10.9 Å². The van der Waals surface area contributed by atoms with Gasteiger partial charge >= 0.3 is 6.03 Å². The summed E-state index contributed by atoms with van der Waals surface area (Å²) in [4.78, 5) is 19.8. The van der Waals surface area contributed by atoms with E-state index >= 15 is 0 Å². The van der Waals surface area contributed by atoms with Crippen LogP contribution in [0.2, 0.25) is 0 Å². The molecule has 1 unspecified atom stereocenters. The van der Waals surface area contributed by atoms with Gasteiger partial charge in [0.25, 0.3) is 0 Å². The Morgan fingerprint density at radius 2 is 1.94 bits per heavy atom. The van der Waals surface area contributed by atoms with E-state index in [1.54, 1.807) is 0 Å². The van der Waals surface area contributed by atoms with Crippen LogP contribution in [-0.2, 0) is 6.54 Å². The Kier molecular flexibility index (Phi) is 6.58. The molecule has 0 radical (unpaired) electrons. The van der Waals surface area contributed by atoms with E-state index < -0.39 is 0 Å². The van der Waals surface area contributed by atoms with Crippen molar-refractivity contribution in [1.29, 1.82) is 0 Å². The molecule has 1 aromatic heterocycles. The molecule has 5 rings (SSSR count). The summed E-state index contributed by atoms with van der Waals surface area (Å²) in [6.45, 7) is 5.79. The smallest absolute Gasteiger partial charge is 0.319 e. The topological polar surface area (TPSA) is 60.2 Å². The van der Waals surface area contributed by atoms with Gasteiger partial charge in [-0.2, -0.15) is 0 Å². The molecule has 172 valence electrons. The van der Waals surface area contributed by atoms with Crippen LogP contribution in [-0.4, -0.2) is 23.3 Å². The Labute approximate surface area is 204 Å². The molecule has 4 aromatic rings. The van der Waals surface area contributed by atoms with E-state index in [-0.39, 0.29) is 12.1 Å². The molecule has 1 atom stereocenters. The van der Waals surface area contributed by atoms with E-state index in [2.05, 4.69) is 75.6 Å².